The Morgan fingerprint density at radius 2 is 1.92 bits per heavy atom. The van der Waals surface area contributed by atoms with Crippen molar-refractivity contribution in [3.05, 3.63) is 35.4 Å². The van der Waals surface area contributed by atoms with Crippen molar-refractivity contribution in [2.45, 2.75) is 39.2 Å². The number of nitrogens with zero attached hydrogens (tertiary/aromatic N) is 3. The van der Waals surface area contributed by atoms with Crippen LogP contribution >= 0.6 is 0 Å². The molecule has 0 aliphatic carbocycles. The number of carbonyl (C=O) groups excluding carboxylic acids is 2. The molecule has 0 radical (unpaired) electrons. The number of ether oxygens (including phenoxy) is 1. The maximum Gasteiger partial charge on any atom is 0.410 e. The number of nitriles is 1. The number of aryl methyl sites for hydroxylation is 1. The van der Waals surface area contributed by atoms with Gasteiger partial charge in [-0.3, -0.25) is 9.69 Å². The second-order valence-corrected chi connectivity index (χ2v) is 7.19. The third-order valence-corrected chi connectivity index (χ3v) is 3.95. The predicted molar refractivity (Wildman–Crippen MR) is 93.9 cm³/mol. The van der Waals surface area contributed by atoms with Crippen LogP contribution in [0.1, 0.15) is 38.3 Å². The van der Waals surface area contributed by atoms with Crippen molar-refractivity contribution in [1.82, 2.24) is 9.80 Å². The Balaban J connectivity index is 1.76. The molecule has 0 bridgehead atoms. The van der Waals surface area contributed by atoms with Crippen molar-refractivity contribution in [2.24, 2.45) is 0 Å². The molecule has 1 heterocycles. The van der Waals surface area contributed by atoms with E-state index >= 15 is 0 Å². The van der Waals surface area contributed by atoms with Crippen LogP contribution < -0.4 is 0 Å². The fraction of sp³-hybridized carbons (Fsp3) is 0.526. The Bertz CT molecular complexity index is 656. The molecule has 6 nitrogen and oxygen atoms in total. The van der Waals surface area contributed by atoms with Gasteiger partial charge in [0.2, 0.25) is 5.91 Å². The van der Waals surface area contributed by atoms with E-state index in [1.165, 1.54) is 4.90 Å². The van der Waals surface area contributed by atoms with Crippen molar-refractivity contribution < 1.29 is 14.3 Å². The lowest BCUT2D eigenvalue weighted by Crippen LogP contribution is -2.53. The average molecular weight is 343 g/mol. The molecule has 1 aliphatic heterocycles. The number of piperazine rings is 1. The van der Waals surface area contributed by atoms with Gasteiger partial charge in [0.25, 0.3) is 0 Å². The first-order chi connectivity index (χ1) is 11.8. The van der Waals surface area contributed by atoms with E-state index in [-0.39, 0.29) is 12.5 Å². The first-order valence-electron chi connectivity index (χ1n) is 8.53. The van der Waals surface area contributed by atoms with Crippen LogP contribution in [0.15, 0.2) is 24.3 Å². The SMILES string of the molecule is CC(C)(C)OC(=O)N1CCN(CCCc2ccc(C#N)cc2)C(=O)C1. The summed E-state index contributed by atoms with van der Waals surface area (Å²) < 4.78 is 5.31. The average Bonchev–Trinajstić information content (AvgIpc) is 2.55. The van der Waals surface area contributed by atoms with Crippen LogP contribution in [0.4, 0.5) is 4.79 Å². The minimum absolute atomic E-state index is 0.0445. The fourth-order valence-electron chi connectivity index (χ4n) is 2.65. The summed E-state index contributed by atoms with van der Waals surface area (Å²) >= 11 is 0. The molecule has 25 heavy (non-hydrogen) atoms. The van der Waals surface area contributed by atoms with Crippen molar-refractivity contribution in [2.75, 3.05) is 26.2 Å². The van der Waals surface area contributed by atoms with Crippen LogP contribution in [0.25, 0.3) is 0 Å². The van der Waals surface area contributed by atoms with E-state index in [2.05, 4.69) is 6.07 Å². The van der Waals surface area contributed by atoms with Crippen LogP contribution in [0.2, 0.25) is 0 Å². The molecule has 0 saturated carbocycles. The topological polar surface area (TPSA) is 73.6 Å². The molecule has 1 saturated heterocycles. The maximum absolute atomic E-state index is 12.2. The van der Waals surface area contributed by atoms with E-state index in [4.69, 9.17) is 10.00 Å². The van der Waals surface area contributed by atoms with E-state index in [1.807, 2.05) is 32.9 Å². The van der Waals surface area contributed by atoms with Gasteiger partial charge >= 0.3 is 6.09 Å². The summed E-state index contributed by atoms with van der Waals surface area (Å²) in [5.41, 5.74) is 1.24. The van der Waals surface area contributed by atoms with Crippen molar-refractivity contribution in [3.8, 4) is 6.07 Å². The third kappa shape index (κ3) is 5.79. The van der Waals surface area contributed by atoms with Crippen LogP contribution in [0.5, 0.6) is 0 Å². The Hall–Kier alpha value is -2.55. The molecular formula is C19H25N3O3. The van der Waals surface area contributed by atoms with E-state index in [0.29, 0.717) is 25.2 Å². The molecule has 134 valence electrons. The summed E-state index contributed by atoms with van der Waals surface area (Å²) in [4.78, 5) is 27.5. The Morgan fingerprint density at radius 1 is 1.24 bits per heavy atom. The molecule has 0 atom stereocenters. The molecule has 6 heteroatoms. The lowest BCUT2D eigenvalue weighted by Gasteiger charge is -2.35. The van der Waals surface area contributed by atoms with Crippen LogP contribution in [-0.4, -0.2) is 53.6 Å². The van der Waals surface area contributed by atoms with Gasteiger partial charge in [-0.2, -0.15) is 5.26 Å². The third-order valence-electron chi connectivity index (χ3n) is 3.95. The highest BCUT2D eigenvalue weighted by Crippen LogP contribution is 2.13. The molecule has 1 aromatic carbocycles. The van der Waals surface area contributed by atoms with Crippen LogP contribution in [0.3, 0.4) is 0 Å². The second kappa shape index (κ2) is 8.02. The molecule has 0 aromatic heterocycles. The molecule has 1 fully saturated rings. The molecule has 2 amide bonds. The minimum atomic E-state index is -0.557. The van der Waals surface area contributed by atoms with Gasteiger partial charge in [-0.1, -0.05) is 12.1 Å². The van der Waals surface area contributed by atoms with E-state index < -0.39 is 11.7 Å². The zero-order valence-corrected chi connectivity index (χ0v) is 15.1. The van der Waals surface area contributed by atoms with Gasteiger partial charge in [0, 0.05) is 19.6 Å². The Labute approximate surface area is 149 Å². The van der Waals surface area contributed by atoms with Gasteiger partial charge in [0.1, 0.15) is 12.1 Å². The number of hydrogen-bond acceptors (Lipinski definition) is 4. The molecule has 0 spiro atoms. The van der Waals surface area contributed by atoms with Crippen molar-refractivity contribution >= 4 is 12.0 Å². The molecular weight excluding hydrogens is 318 g/mol. The summed E-state index contributed by atoms with van der Waals surface area (Å²) in [7, 11) is 0. The fourth-order valence-corrected chi connectivity index (χ4v) is 2.65. The molecule has 2 rings (SSSR count). The molecule has 1 aliphatic rings. The van der Waals surface area contributed by atoms with Gasteiger partial charge in [0.05, 0.1) is 11.6 Å². The number of rotatable bonds is 4. The molecule has 0 unspecified atom stereocenters. The smallest absolute Gasteiger partial charge is 0.410 e. The highest BCUT2D eigenvalue weighted by atomic mass is 16.6. The second-order valence-electron chi connectivity index (χ2n) is 7.19. The lowest BCUT2D eigenvalue weighted by atomic mass is 10.1. The number of hydrogen-bond donors (Lipinski definition) is 0. The predicted octanol–water partition coefficient (Wildman–Crippen LogP) is 2.57. The highest BCUT2D eigenvalue weighted by molar-refractivity contribution is 5.83. The monoisotopic (exact) mass is 343 g/mol. The number of amides is 2. The van der Waals surface area contributed by atoms with Gasteiger partial charge in [-0.05, 0) is 51.3 Å². The summed E-state index contributed by atoms with van der Waals surface area (Å²) in [5, 5.41) is 8.80. The van der Waals surface area contributed by atoms with Crippen molar-refractivity contribution in [3.63, 3.8) is 0 Å². The zero-order chi connectivity index (χ0) is 18.4. The Kier molecular flexibility index (Phi) is 6.02. The Morgan fingerprint density at radius 3 is 2.48 bits per heavy atom. The number of carbonyl (C=O) groups is 2. The van der Waals surface area contributed by atoms with Crippen LogP contribution in [-0.2, 0) is 16.0 Å². The van der Waals surface area contributed by atoms with Gasteiger partial charge < -0.3 is 9.64 Å². The van der Waals surface area contributed by atoms with Crippen molar-refractivity contribution in [1.29, 1.82) is 5.26 Å². The van der Waals surface area contributed by atoms with Crippen LogP contribution in [0, 0.1) is 11.3 Å². The molecule has 0 N–H and O–H groups in total. The summed E-state index contributed by atoms with van der Waals surface area (Å²) in [6.07, 6.45) is 1.27. The largest absolute Gasteiger partial charge is 0.444 e. The normalized spacial score (nSPS) is 15.0. The van der Waals surface area contributed by atoms with Gasteiger partial charge in [0.15, 0.2) is 0 Å². The van der Waals surface area contributed by atoms with E-state index in [9.17, 15) is 9.59 Å². The summed E-state index contributed by atoms with van der Waals surface area (Å²) in [6.45, 7) is 7.21. The first-order valence-corrected chi connectivity index (χ1v) is 8.53. The highest BCUT2D eigenvalue weighted by Gasteiger charge is 2.29. The summed E-state index contributed by atoms with van der Waals surface area (Å²) in [6, 6.07) is 9.60. The summed E-state index contributed by atoms with van der Waals surface area (Å²) in [5.74, 6) is -0.0445. The lowest BCUT2D eigenvalue weighted by molar-refractivity contribution is -0.135. The maximum atomic E-state index is 12.2. The minimum Gasteiger partial charge on any atom is -0.444 e. The number of benzene rings is 1. The van der Waals surface area contributed by atoms with E-state index in [0.717, 1.165) is 18.4 Å². The van der Waals surface area contributed by atoms with E-state index in [1.54, 1.807) is 17.0 Å². The molecule has 1 aromatic rings. The first kappa shape index (κ1) is 18.8. The standard InChI is InChI=1S/C19H25N3O3/c1-19(2,3)25-18(24)22-12-11-21(17(23)14-22)10-4-5-15-6-8-16(13-20)9-7-15/h6-9H,4-5,10-12,14H2,1-3H3. The van der Waals surface area contributed by atoms with Gasteiger partial charge in [-0.15, -0.1) is 0 Å². The quantitative estimate of drug-likeness (QED) is 0.842. The van der Waals surface area contributed by atoms with Gasteiger partial charge in [-0.25, -0.2) is 4.79 Å². The zero-order valence-electron chi connectivity index (χ0n) is 15.1.